The first kappa shape index (κ1) is 22.0. The highest BCUT2D eigenvalue weighted by atomic mass is 32.1. The summed E-state index contributed by atoms with van der Waals surface area (Å²) >= 11 is 1.79. The number of aromatic amines is 1. The highest BCUT2D eigenvalue weighted by Gasteiger charge is 2.27. The van der Waals surface area contributed by atoms with E-state index in [1.54, 1.807) is 22.6 Å². The fourth-order valence-electron chi connectivity index (χ4n) is 4.77. The first-order chi connectivity index (χ1) is 15.8. The molecule has 5 heterocycles. The summed E-state index contributed by atoms with van der Waals surface area (Å²) in [5.74, 6) is 0.970. The average Bonchev–Trinajstić information content (AvgIpc) is 3.48. The zero-order chi connectivity index (χ0) is 23.3. The second kappa shape index (κ2) is 8.53. The quantitative estimate of drug-likeness (QED) is 0.481. The van der Waals surface area contributed by atoms with Gasteiger partial charge >= 0.3 is 0 Å². The van der Waals surface area contributed by atoms with Gasteiger partial charge in [-0.05, 0) is 50.4 Å². The Labute approximate surface area is 197 Å². The molecule has 4 aromatic rings. The Morgan fingerprint density at radius 1 is 1.30 bits per heavy atom. The molecule has 174 valence electrons. The molecule has 4 aromatic heterocycles. The number of nitrogens with zero attached hydrogens (tertiary/aromatic N) is 6. The molecular weight excluding hydrogens is 434 g/mol. The van der Waals surface area contributed by atoms with E-state index in [9.17, 15) is 4.79 Å². The van der Waals surface area contributed by atoms with Crippen molar-refractivity contribution in [3.63, 3.8) is 0 Å². The molecule has 1 saturated heterocycles. The third-order valence-corrected chi connectivity index (χ3v) is 7.76. The number of aromatic nitrogens is 5. The molecule has 0 spiro atoms. The van der Waals surface area contributed by atoms with E-state index in [0.29, 0.717) is 18.4 Å². The molecule has 5 rings (SSSR count). The number of amides is 1. The van der Waals surface area contributed by atoms with E-state index in [1.807, 2.05) is 24.8 Å². The van der Waals surface area contributed by atoms with Crippen LogP contribution in [0, 0.1) is 6.92 Å². The Morgan fingerprint density at radius 2 is 2.06 bits per heavy atom. The summed E-state index contributed by atoms with van der Waals surface area (Å²) in [5, 5.41) is 5.56. The molecule has 9 heteroatoms. The predicted molar refractivity (Wildman–Crippen MR) is 132 cm³/mol. The first-order valence-corrected chi connectivity index (χ1v) is 12.4. The molecule has 1 N–H and O–H groups in total. The van der Waals surface area contributed by atoms with Crippen molar-refractivity contribution >= 4 is 33.2 Å². The molecule has 8 nitrogen and oxygen atoms in total. The van der Waals surface area contributed by atoms with Gasteiger partial charge in [0.2, 0.25) is 5.91 Å². The second-order valence-electron chi connectivity index (χ2n) is 9.58. The zero-order valence-electron chi connectivity index (χ0n) is 19.9. The number of rotatable bonds is 5. The van der Waals surface area contributed by atoms with E-state index >= 15 is 0 Å². The maximum atomic E-state index is 12.0. The minimum Gasteiger partial charge on any atom is -0.348 e. The molecule has 0 unspecified atom stereocenters. The number of carbonyl (C=O) groups is 1. The maximum absolute atomic E-state index is 12.0. The van der Waals surface area contributed by atoms with E-state index in [0.717, 1.165) is 58.7 Å². The summed E-state index contributed by atoms with van der Waals surface area (Å²) in [4.78, 5) is 30.3. The van der Waals surface area contributed by atoms with Crippen LogP contribution in [0.4, 0.5) is 0 Å². The summed E-state index contributed by atoms with van der Waals surface area (Å²) < 4.78 is 1.84. The van der Waals surface area contributed by atoms with Crippen LogP contribution in [0.15, 0.2) is 18.6 Å². The number of likely N-dealkylation sites (tertiary alicyclic amines) is 1. The highest BCUT2D eigenvalue weighted by Crippen LogP contribution is 2.41. The number of hydrogen-bond acceptors (Lipinski definition) is 6. The summed E-state index contributed by atoms with van der Waals surface area (Å²) in [6, 6.07) is 2.18. The van der Waals surface area contributed by atoms with Crippen molar-refractivity contribution in [3.05, 3.63) is 34.7 Å². The number of carbonyl (C=O) groups excluding carboxylic acids is 1. The van der Waals surface area contributed by atoms with E-state index in [4.69, 9.17) is 4.98 Å². The van der Waals surface area contributed by atoms with Crippen LogP contribution in [-0.2, 0) is 4.79 Å². The maximum Gasteiger partial charge on any atom is 0.236 e. The number of hydrogen-bond donors (Lipinski definition) is 1. The molecule has 0 bridgehead atoms. The van der Waals surface area contributed by atoms with E-state index in [1.165, 1.54) is 10.6 Å². The Kier molecular flexibility index (Phi) is 5.70. The van der Waals surface area contributed by atoms with Crippen molar-refractivity contribution in [3.8, 4) is 11.3 Å². The minimum absolute atomic E-state index is 0.171. The highest BCUT2D eigenvalue weighted by molar-refractivity contribution is 7.18. The molecule has 33 heavy (non-hydrogen) atoms. The smallest absolute Gasteiger partial charge is 0.236 e. The van der Waals surface area contributed by atoms with Gasteiger partial charge in [0, 0.05) is 37.3 Å². The van der Waals surface area contributed by atoms with Gasteiger partial charge in [-0.3, -0.25) is 9.69 Å². The Bertz CT molecular complexity index is 1310. The van der Waals surface area contributed by atoms with Crippen LogP contribution in [0.25, 0.3) is 27.3 Å². The van der Waals surface area contributed by atoms with Crippen molar-refractivity contribution in [1.29, 1.82) is 0 Å². The van der Waals surface area contributed by atoms with Gasteiger partial charge < -0.3 is 9.88 Å². The number of aryl methyl sites for hydroxylation is 1. The van der Waals surface area contributed by atoms with E-state index in [2.05, 4.69) is 46.8 Å². The number of likely N-dealkylation sites (N-methyl/N-ethyl adjacent to an activating group) is 1. The van der Waals surface area contributed by atoms with Crippen molar-refractivity contribution in [2.75, 3.05) is 33.7 Å². The largest absolute Gasteiger partial charge is 0.348 e. The predicted octanol–water partition coefficient (Wildman–Crippen LogP) is 4.03. The van der Waals surface area contributed by atoms with E-state index in [-0.39, 0.29) is 5.91 Å². The molecule has 1 fully saturated rings. The molecule has 1 aliphatic rings. The molecule has 0 aromatic carbocycles. The van der Waals surface area contributed by atoms with Crippen LogP contribution in [0.2, 0.25) is 0 Å². The number of piperidine rings is 1. The lowest BCUT2D eigenvalue weighted by molar-refractivity contribution is -0.130. The van der Waals surface area contributed by atoms with Gasteiger partial charge in [-0.2, -0.15) is 5.10 Å². The Hall–Kier alpha value is -2.78. The zero-order valence-corrected chi connectivity index (χ0v) is 20.7. The summed E-state index contributed by atoms with van der Waals surface area (Å²) in [6.45, 7) is 8.92. The number of thiazole rings is 1. The SMILES string of the molecule is Cc1cc(-c2[nH]c3sc(C4CCN(CC(=O)N(C)C)CC4)nc3c2C(C)C)cn2ncnc12. The van der Waals surface area contributed by atoms with Crippen LogP contribution in [0.3, 0.4) is 0 Å². The number of H-pyrrole nitrogens is 1. The van der Waals surface area contributed by atoms with Gasteiger partial charge in [0.1, 0.15) is 16.7 Å². The third-order valence-electron chi connectivity index (χ3n) is 6.63. The van der Waals surface area contributed by atoms with Crippen LogP contribution in [-0.4, -0.2) is 74.0 Å². The Balaban J connectivity index is 1.42. The number of pyridine rings is 1. The monoisotopic (exact) mass is 465 g/mol. The summed E-state index contributed by atoms with van der Waals surface area (Å²) in [5.41, 5.74) is 6.59. The van der Waals surface area contributed by atoms with Crippen molar-refractivity contribution < 1.29 is 4.79 Å². The van der Waals surface area contributed by atoms with Crippen molar-refractivity contribution in [1.82, 2.24) is 34.4 Å². The molecular formula is C24H31N7OS. The second-order valence-corrected chi connectivity index (χ2v) is 10.6. The topological polar surface area (TPSA) is 82.4 Å². The van der Waals surface area contributed by atoms with Crippen LogP contribution in [0.5, 0.6) is 0 Å². The number of fused-ring (bicyclic) bond motifs is 2. The molecule has 0 atom stereocenters. The van der Waals surface area contributed by atoms with Crippen molar-refractivity contribution in [2.24, 2.45) is 0 Å². The Morgan fingerprint density at radius 3 is 2.76 bits per heavy atom. The van der Waals surface area contributed by atoms with Gasteiger partial charge in [-0.15, -0.1) is 11.3 Å². The van der Waals surface area contributed by atoms with Crippen LogP contribution >= 0.6 is 11.3 Å². The van der Waals surface area contributed by atoms with Gasteiger partial charge in [0.05, 0.1) is 17.2 Å². The molecule has 1 amide bonds. The van der Waals surface area contributed by atoms with Gasteiger partial charge in [0.25, 0.3) is 0 Å². The van der Waals surface area contributed by atoms with Gasteiger partial charge in [-0.1, -0.05) is 13.8 Å². The summed E-state index contributed by atoms with van der Waals surface area (Å²) in [7, 11) is 3.64. The summed E-state index contributed by atoms with van der Waals surface area (Å²) in [6.07, 6.45) is 5.73. The van der Waals surface area contributed by atoms with Crippen molar-refractivity contribution in [2.45, 2.75) is 45.4 Å². The van der Waals surface area contributed by atoms with Crippen LogP contribution < -0.4 is 0 Å². The lowest BCUT2D eigenvalue weighted by Gasteiger charge is -2.31. The van der Waals surface area contributed by atoms with Gasteiger partial charge in [-0.25, -0.2) is 14.5 Å². The average molecular weight is 466 g/mol. The van der Waals surface area contributed by atoms with E-state index < -0.39 is 0 Å². The fourth-order valence-corrected chi connectivity index (χ4v) is 5.92. The minimum atomic E-state index is 0.171. The lowest BCUT2D eigenvalue weighted by Crippen LogP contribution is -2.40. The van der Waals surface area contributed by atoms with Gasteiger partial charge in [0.15, 0.2) is 5.65 Å². The molecule has 0 saturated carbocycles. The molecule has 0 radical (unpaired) electrons. The number of nitrogens with one attached hydrogen (secondary N) is 1. The third kappa shape index (κ3) is 4.04. The normalized spacial score (nSPS) is 15.8. The van der Waals surface area contributed by atoms with Crippen LogP contribution in [0.1, 0.15) is 54.7 Å². The molecule has 1 aliphatic heterocycles. The fraction of sp³-hybridized carbons (Fsp3) is 0.500. The molecule has 0 aliphatic carbocycles. The standard InChI is InChI=1S/C24H31N7OS/c1-14(2)19-20(17-10-15(3)22-25-13-26-31(22)11-17)27-24-21(19)28-23(33-24)16-6-8-30(9-7-16)12-18(32)29(4)5/h10-11,13-14,16,27H,6-9,12H2,1-5H3. The first-order valence-electron chi connectivity index (χ1n) is 11.6. The lowest BCUT2D eigenvalue weighted by atomic mass is 9.97.